The lowest BCUT2D eigenvalue weighted by molar-refractivity contribution is 0.214. The van der Waals surface area contributed by atoms with Gasteiger partial charge in [-0.2, -0.15) is 0 Å². The van der Waals surface area contributed by atoms with Gasteiger partial charge in [-0.3, -0.25) is 4.90 Å². The molecule has 2 unspecified atom stereocenters. The van der Waals surface area contributed by atoms with Crippen LogP contribution in [0.25, 0.3) is 0 Å². The summed E-state index contributed by atoms with van der Waals surface area (Å²) in [6.07, 6.45) is 1.32. The van der Waals surface area contributed by atoms with Crippen molar-refractivity contribution in [3.8, 4) is 0 Å². The molecular weight excluding hydrogens is 242 g/mol. The average molecular weight is 267 g/mol. The second-order valence-electron chi connectivity index (χ2n) is 5.58. The Morgan fingerprint density at radius 2 is 2.39 bits per heavy atom. The Kier molecular flexibility index (Phi) is 4.78. The number of hydrogen-bond acceptors (Lipinski definition) is 4. The number of likely N-dealkylation sites (tertiary alicyclic amines) is 1. The molecule has 2 N–H and O–H groups in total. The third-order valence-corrected chi connectivity index (χ3v) is 5.11. The molecule has 1 aliphatic rings. The van der Waals surface area contributed by atoms with Gasteiger partial charge in [-0.1, -0.05) is 0 Å². The normalized spacial score (nSPS) is 22.8. The molecule has 3 nitrogen and oxygen atoms in total. The number of nitrogens with zero attached hydrogens (tertiary/aromatic N) is 2. The standard InChI is InChI=1S/C14H25N3S/c1-11-5-7-18-14(11)13(8-15)17(3)10-12-4-6-16(2)9-12/h5,7,12-13H,4,6,8-10,15H2,1-3H3. The third-order valence-electron chi connectivity index (χ3n) is 3.99. The van der Waals surface area contributed by atoms with Crippen molar-refractivity contribution in [2.24, 2.45) is 11.7 Å². The van der Waals surface area contributed by atoms with E-state index >= 15 is 0 Å². The summed E-state index contributed by atoms with van der Waals surface area (Å²) in [5.74, 6) is 0.800. The van der Waals surface area contributed by atoms with E-state index in [0.717, 1.165) is 12.5 Å². The van der Waals surface area contributed by atoms with Gasteiger partial charge in [0.25, 0.3) is 0 Å². The second kappa shape index (κ2) is 6.15. The van der Waals surface area contributed by atoms with E-state index in [0.29, 0.717) is 12.6 Å². The summed E-state index contributed by atoms with van der Waals surface area (Å²) < 4.78 is 0. The van der Waals surface area contributed by atoms with Crippen molar-refractivity contribution in [1.82, 2.24) is 9.80 Å². The van der Waals surface area contributed by atoms with Crippen molar-refractivity contribution in [2.75, 3.05) is 40.3 Å². The van der Waals surface area contributed by atoms with Crippen molar-refractivity contribution in [2.45, 2.75) is 19.4 Å². The van der Waals surface area contributed by atoms with Crippen molar-refractivity contribution in [3.63, 3.8) is 0 Å². The molecule has 0 radical (unpaired) electrons. The van der Waals surface area contributed by atoms with Crippen LogP contribution >= 0.6 is 11.3 Å². The molecule has 4 heteroatoms. The fourth-order valence-corrected chi connectivity index (χ4v) is 4.03. The van der Waals surface area contributed by atoms with E-state index in [4.69, 9.17) is 5.73 Å². The molecule has 0 amide bonds. The van der Waals surface area contributed by atoms with Crippen molar-refractivity contribution in [1.29, 1.82) is 0 Å². The minimum Gasteiger partial charge on any atom is -0.329 e. The molecule has 0 spiro atoms. The molecule has 0 aromatic carbocycles. The fourth-order valence-electron chi connectivity index (χ4n) is 2.92. The quantitative estimate of drug-likeness (QED) is 0.885. The van der Waals surface area contributed by atoms with Crippen LogP contribution in [-0.4, -0.2) is 50.1 Å². The Bertz CT molecular complexity index is 377. The van der Waals surface area contributed by atoms with Crippen LogP contribution in [0, 0.1) is 12.8 Å². The molecular formula is C14H25N3S. The molecule has 0 saturated carbocycles. The first-order valence-electron chi connectivity index (χ1n) is 6.74. The summed E-state index contributed by atoms with van der Waals surface area (Å²) in [6, 6.07) is 2.58. The van der Waals surface area contributed by atoms with Crippen molar-refractivity contribution >= 4 is 11.3 Å². The number of thiophene rings is 1. The molecule has 1 fully saturated rings. The molecule has 1 aliphatic heterocycles. The summed E-state index contributed by atoms with van der Waals surface area (Å²) in [6.45, 7) is 6.52. The molecule has 0 aliphatic carbocycles. The molecule has 2 rings (SSSR count). The van der Waals surface area contributed by atoms with Gasteiger partial charge >= 0.3 is 0 Å². The average Bonchev–Trinajstić information content (AvgIpc) is 2.90. The van der Waals surface area contributed by atoms with Gasteiger partial charge < -0.3 is 10.6 Å². The second-order valence-corrected chi connectivity index (χ2v) is 6.52. The highest BCUT2D eigenvalue weighted by molar-refractivity contribution is 7.10. The molecule has 102 valence electrons. The first-order chi connectivity index (χ1) is 8.61. The first kappa shape index (κ1) is 14.0. The Morgan fingerprint density at radius 3 is 2.89 bits per heavy atom. The maximum atomic E-state index is 5.99. The van der Waals surface area contributed by atoms with Crippen LogP contribution in [0.1, 0.15) is 22.9 Å². The van der Waals surface area contributed by atoms with Crippen molar-refractivity contribution < 1.29 is 0 Å². The summed E-state index contributed by atoms with van der Waals surface area (Å²) in [4.78, 5) is 6.31. The SMILES string of the molecule is Cc1ccsc1C(CN)N(C)CC1CCN(C)C1. The first-order valence-corrected chi connectivity index (χ1v) is 7.62. The van der Waals surface area contributed by atoms with E-state index in [2.05, 4.69) is 42.3 Å². The highest BCUT2D eigenvalue weighted by Crippen LogP contribution is 2.28. The van der Waals surface area contributed by atoms with Gasteiger partial charge in [-0.05, 0) is 56.9 Å². The van der Waals surface area contributed by atoms with Crippen LogP contribution in [0.4, 0.5) is 0 Å². The van der Waals surface area contributed by atoms with E-state index in [-0.39, 0.29) is 0 Å². The minimum absolute atomic E-state index is 0.385. The summed E-state index contributed by atoms with van der Waals surface area (Å²) in [5.41, 5.74) is 7.37. The summed E-state index contributed by atoms with van der Waals surface area (Å²) >= 11 is 1.84. The van der Waals surface area contributed by atoms with Gasteiger partial charge in [0.05, 0.1) is 6.04 Å². The minimum atomic E-state index is 0.385. The molecule has 2 atom stereocenters. The molecule has 0 bridgehead atoms. The smallest absolute Gasteiger partial charge is 0.0564 e. The number of hydrogen-bond donors (Lipinski definition) is 1. The highest BCUT2D eigenvalue weighted by Gasteiger charge is 2.25. The fraction of sp³-hybridized carbons (Fsp3) is 0.714. The Morgan fingerprint density at radius 1 is 1.61 bits per heavy atom. The van der Waals surface area contributed by atoms with Gasteiger partial charge in [0, 0.05) is 24.5 Å². The predicted octanol–water partition coefficient (Wildman–Crippen LogP) is 1.94. The molecule has 2 heterocycles. The molecule has 1 saturated heterocycles. The zero-order chi connectivity index (χ0) is 13.1. The van der Waals surface area contributed by atoms with Crippen LogP contribution in [0.3, 0.4) is 0 Å². The number of likely N-dealkylation sites (N-methyl/N-ethyl adjacent to an activating group) is 1. The Hall–Kier alpha value is -0.420. The van der Waals surface area contributed by atoms with E-state index in [1.165, 1.54) is 30.0 Å². The lowest BCUT2D eigenvalue weighted by Gasteiger charge is -2.29. The Labute approximate surface area is 115 Å². The van der Waals surface area contributed by atoms with E-state index in [1.54, 1.807) is 0 Å². The van der Waals surface area contributed by atoms with E-state index < -0.39 is 0 Å². The predicted molar refractivity (Wildman–Crippen MR) is 79.1 cm³/mol. The lowest BCUT2D eigenvalue weighted by Crippen LogP contribution is -2.34. The van der Waals surface area contributed by atoms with E-state index in [9.17, 15) is 0 Å². The van der Waals surface area contributed by atoms with Crippen LogP contribution in [0.2, 0.25) is 0 Å². The van der Waals surface area contributed by atoms with Crippen LogP contribution < -0.4 is 5.73 Å². The maximum absolute atomic E-state index is 5.99. The lowest BCUT2D eigenvalue weighted by atomic mass is 10.1. The molecule has 18 heavy (non-hydrogen) atoms. The molecule has 1 aromatic rings. The zero-order valence-corrected chi connectivity index (χ0v) is 12.5. The van der Waals surface area contributed by atoms with Crippen LogP contribution in [0.15, 0.2) is 11.4 Å². The van der Waals surface area contributed by atoms with Gasteiger partial charge in [0.15, 0.2) is 0 Å². The van der Waals surface area contributed by atoms with E-state index in [1.807, 2.05) is 11.3 Å². The number of rotatable bonds is 5. The highest BCUT2D eigenvalue weighted by atomic mass is 32.1. The van der Waals surface area contributed by atoms with Gasteiger partial charge in [-0.15, -0.1) is 11.3 Å². The van der Waals surface area contributed by atoms with Crippen molar-refractivity contribution in [3.05, 3.63) is 21.9 Å². The third kappa shape index (κ3) is 3.12. The monoisotopic (exact) mass is 267 g/mol. The largest absolute Gasteiger partial charge is 0.329 e. The topological polar surface area (TPSA) is 32.5 Å². The summed E-state index contributed by atoms with van der Waals surface area (Å²) in [7, 11) is 4.43. The van der Waals surface area contributed by atoms with Gasteiger partial charge in [-0.25, -0.2) is 0 Å². The number of nitrogens with two attached hydrogens (primary N) is 1. The molecule has 1 aromatic heterocycles. The Balaban J connectivity index is 1.98. The van der Waals surface area contributed by atoms with Crippen LogP contribution in [0.5, 0.6) is 0 Å². The van der Waals surface area contributed by atoms with Gasteiger partial charge in [0.2, 0.25) is 0 Å². The zero-order valence-electron chi connectivity index (χ0n) is 11.7. The van der Waals surface area contributed by atoms with Crippen LogP contribution in [-0.2, 0) is 0 Å². The van der Waals surface area contributed by atoms with Gasteiger partial charge in [0.1, 0.15) is 0 Å². The maximum Gasteiger partial charge on any atom is 0.0564 e. The number of aryl methyl sites for hydroxylation is 1. The summed E-state index contributed by atoms with van der Waals surface area (Å²) in [5, 5.41) is 2.17.